The molecule has 0 radical (unpaired) electrons. The highest BCUT2D eigenvalue weighted by atomic mass is 15.1. The van der Waals surface area contributed by atoms with Gasteiger partial charge >= 0.3 is 0 Å². The van der Waals surface area contributed by atoms with E-state index in [1.54, 1.807) is 0 Å². The Bertz CT molecular complexity index is 467. The third-order valence-corrected chi connectivity index (χ3v) is 3.36. The summed E-state index contributed by atoms with van der Waals surface area (Å²) >= 11 is 0. The minimum atomic E-state index is -0.289. The van der Waals surface area contributed by atoms with Gasteiger partial charge in [-0.3, -0.25) is 0 Å². The zero-order valence-corrected chi connectivity index (χ0v) is 12.5. The lowest BCUT2D eigenvalue weighted by Crippen LogP contribution is -2.30. The van der Waals surface area contributed by atoms with Crippen molar-refractivity contribution < 1.29 is 0 Å². The van der Waals surface area contributed by atoms with E-state index < -0.39 is 0 Å². The lowest BCUT2D eigenvalue weighted by atomic mass is 9.94. The van der Waals surface area contributed by atoms with Gasteiger partial charge in [0.15, 0.2) is 0 Å². The predicted molar refractivity (Wildman–Crippen MR) is 76.4 cm³/mol. The van der Waals surface area contributed by atoms with Crippen LogP contribution in [-0.4, -0.2) is 18.5 Å². The van der Waals surface area contributed by atoms with Crippen LogP contribution in [0.15, 0.2) is 12.1 Å². The summed E-state index contributed by atoms with van der Waals surface area (Å²) in [6.07, 6.45) is 0. The molecule has 0 atom stereocenters. The Balaban J connectivity index is 2.80. The van der Waals surface area contributed by atoms with Crippen LogP contribution in [0.4, 0.5) is 0 Å². The average molecular weight is 244 g/mol. The van der Waals surface area contributed by atoms with Crippen molar-refractivity contribution in [3.8, 4) is 6.07 Å². The van der Waals surface area contributed by atoms with Gasteiger partial charge in [0.2, 0.25) is 0 Å². The van der Waals surface area contributed by atoms with Gasteiger partial charge in [-0.05, 0) is 63.9 Å². The van der Waals surface area contributed by atoms with E-state index in [-0.39, 0.29) is 5.41 Å². The monoisotopic (exact) mass is 244 g/mol. The Kier molecular flexibility index (Phi) is 4.53. The fraction of sp³-hybridized carbons (Fsp3) is 0.562. The van der Waals surface area contributed by atoms with E-state index >= 15 is 0 Å². The molecule has 0 spiro atoms. The minimum absolute atomic E-state index is 0.289. The molecule has 0 fully saturated rings. The lowest BCUT2D eigenvalue weighted by Gasteiger charge is -2.25. The summed E-state index contributed by atoms with van der Waals surface area (Å²) in [5.74, 6) is 0. The molecule has 1 rings (SSSR count). The molecule has 0 saturated heterocycles. The molecule has 0 aliphatic rings. The summed E-state index contributed by atoms with van der Waals surface area (Å²) in [6, 6.07) is 6.86. The summed E-state index contributed by atoms with van der Waals surface area (Å²) in [7, 11) is 2.08. The zero-order chi connectivity index (χ0) is 13.9. The number of benzene rings is 1. The van der Waals surface area contributed by atoms with Crippen molar-refractivity contribution in [3.05, 3.63) is 34.4 Å². The molecule has 2 heteroatoms. The molecule has 0 bridgehead atoms. The Hall–Kier alpha value is -1.33. The minimum Gasteiger partial charge on any atom is -0.301 e. The molecular formula is C16H24N2. The van der Waals surface area contributed by atoms with Gasteiger partial charge in [-0.25, -0.2) is 0 Å². The van der Waals surface area contributed by atoms with E-state index in [1.165, 1.54) is 22.3 Å². The van der Waals surface area contributed by atoms with Crippen LogP contribution in [0.3, 0.4) is 0 Å². The average Bonchev–Trinajstić information content (AvgIpc) is 2.25. The van der Waals surface area contributed by atoms with Gasteiger partial charge < -0.3 is 4.90 Å². The second kappa shape index (κ2) is 5.54. The van der Waals surface area contributed by atoms with Crippen LogP contribution in [0.5, 0.6) is 0 Å². The highest BCUT2D eigenvalue weighted by Gasteiger charge is 2.19. The third kappa shape index (κ3) is 3.85. The summed E-state index contributed by atoms with van der Waals surface area (Å²) < 4.78 is 0. The van der Waals surface area contributed by atoms with Gasteiger partial charge in [-0.15, -0.1) is 0 Å². The summed E-state index contributed by atoms with van der Waals surface area (Å²) in [6.45, 7) is 12.1. The number of aryl methyl sites for hydroxylation is 3. The highest BCUT2D eigenvalue weighted by Crippen LogP contribution is 2.19. The largest absolute Gasteiger partial charge is 0.301 e. The first kappa shape index (κ1) is 14.7. The standard InChI is InChI=1S/C16H24N2/c1-12-7-14(3)15(8-13(12)2)9-18(6)11-16(4,5)10-17/h7-8H,9,11H2,1-6H3. The first-order valence-corrected chi connectivity index (χ1v) is 6.42. The van der Waals surface area contributed by atoms with Gasteiger partial charge in [0.25, 0.3) is 0 Å². The van der Waals surface area contributed by atoms with Crippen LogP contribution >= 0.6 is 0 Å². The van der Waals surface area contributed by atoms with Crippen LogP contribution in [-0.2, 0) is 6.54 Å². The van der Waals surface area contributed by atoms with E-state index in [0.29, 0.717) is 0 Å². The Morgan fingerprint density at radius 2 is 1.67 bits per heavy atom. The van der Waals surface area contributed by atoms with Gasteiger partial charge in [-0.1, -0.05) is 12.1 Å². The molecule has 2 nitrogen and oxygen atoms in total. The van der Waals surface area contributed by atoms with Crippen molar-refractivity contribution in [3.63, 3.8) is 0 Å². The molecule has 0 heterocycles. The third-order valence-electron chi connectivity index (χ3n) is 3.36. The molecule has 0 aliphatic carbocycles. The second-order valence-corrected chi connectivity index (χ2v) is 6.03. The number of hydrogen-bond donors (Lipinski definition) is 0. The summed E-state index contributed by atoms with van der Waals surface area (Å²) in [5.41, 5.74) is 5.08. The maximum Gasteiger partial charge on any atom is 0.0697 e. The SMILES string of the molecule is Cc1cc(C)c(CN(C)CC(C)(C)C#N)cc1C. The van der Waals surface area contributed by atoms with E-state index in [4.69, 9.17) is 5.26 Å². The fourth-order valence-corrected chi connectivity index (χ4v) is 2.25. The zero-order valence-electron chi connectivity index (χ0n) is 12.5. The van der Waals surface area contributed by atoms with E-state index in [1.807, 2.05) is 13.8 Å². The molecular weight excluding hydrogens is 220 g/mol. The number of hydrogen-bond acceptors (Lipinski definition) is 2. The Labute approximate surface area is 111 Å². The van der Waals surface area contributed by atoms with Crippen molar-refractivity contribution in [1.29, 1.82) is 5.26 Å². The van der Waals surface area contributed by atoms with Crippen molar-refractivity contribution in [2.45, 2.75) is 41.2 Å². The smallest absolute Gasteiger partial charge is 0.0697 e. The molecule has 1 aromatic carbocycles. The molecule has 18 heavy (non-hydrogen) atoms. The Morgan fingerprint density at radius 1 is 1.11 bits per heavy atom. The molecule has 98 valence electrons. The normalized spacial score (nSPS) is 11.7. The van der Waals surface area contributed by atoms with Crippen LogP contribution in [0, 0.1) is 37.5 Å². The molecule has 0 unspecified atom stereocenters. The molecule has 1 aromatic rings. The first-order valence-electron chi connectivity index (χ1n) is 6.42. The van der Waals surface area contributed by atoms with Crippen LogP contribution in [0.2, 0.25) is 0 Å². The van der Waals surface area contributed by atoms with E-state index in [2.05, 4.69) is 50.9 Å². The maximum absolute atomic E-state index is 9.07. The number of rotatable bonds is 4. The summed E-state index contributed by atoms with van der Waals surface area (Å²) in [5, 5.41) is 9.07. The molecule has 0 aromatic heterocycles. The predicted octanol–water partition coefficient (Wildman–Crippen LogP) is 3.59. The van der Waals surface area contributed by atoms with Gasteiger partial charge in [0.1, 0.15) is 0 Å². The van der Waals surface area contributed by atoms with Crippen molar-refractivity contribution in [2.75, 3.05) is 13.6 Å². The van der Waals surface area contributed by atoms with E-state index in [9.17, 15) is 0 Å². The van der Waals surface area contributed by atoms with Gasteiger partial charge in [0, 0.05) is 13.1 Å². The molecule has 0 aliphatic heterocycles. The van der Waals surface area contributed by atoms with Crippen molar-refractivity contribution in [1.82, 2.24) is 4.90 Å². The van der Waals surface area contributed by atoms with Crippen LogP contribution in [0.1, 0.15) is 36.1 Å². The maximum atomic E-state index is 9.07. The second-order valence-electron chi connectivity index (χ2n) is 6.03. The highest BCUT2D eigenvalue weighted by molar-refractivity contribution is 5.36. The number of nitrogens with zero attached hydrogens (tertiary/aromatic N) is 2. The quantitative estimate of drug-likeness (QED) is 0.809. The molecule has 0 amide bonds. The van der Waals surface area contributed by atoms with E-state index in [0.717, 1.165) is 13.1 Å². The Morgan fingerprint density at radius 3 is 2.22 bits per heavy atom. The van der Waals surface area contributed by atoms with Crippen LogP contribution in [0.25, 0.3) is 0 Å². The summed E-state index contributed by atoms with van der Waals surface area (Å²) in [4.78, 5) is 2.22. The van der Waals surface area contributed by atoms with Crippen LogP contribution < -0.4 is 0 Å². The lowest BCUT2D eigenvalue weighted by molar-refractivity contribution is 0.248. The molecule has 0 N–H and O–H groups in total. The molecule has 0 saturated carbocycles. The van der Waals surface area contributed by atoms with Gasteiger partial charge in [-0.2, -0.15) is 5.26 Å². The van der Waals surface area contributed by atoms with Crippen molar-refractivity contribution in [2.24, 2.45) is 5.41 Å². The van der Waals surface area contributed by atoms with Gasteiger partial charge in [0.05, 0.1) is 11.5 Å². The number of nitriles is 1. The van der Waals surface area contributed by atoms with Crippen molar-refractivity contribution >= 4 is 0 Å². The fourth-order valence-electron chi connectivity index (χ4n) is 2.25. The first-order chi connectivity index (χ1) is 8.25. The topological polar surface area (TPSA) is 27.0 Å².